The van der Waals surface area contributed by atoms with Gasteiger partial charge in [-0.05, 0) is 0 Å². The molecule has 1 fully saturated rings. The Hall–Kier alpha value is -3.39. The summed E-state index contributed by atoms with van der Waals surface area (Å²) in [6.45, 7) is 4.51. The topological polar surface area (TPSA) is 174 Å². The number of oxime groups is 1. The van der Waals surface area contributed by atoms with Gasteiger partial charge < -0.3 is 25.7 Å². The second-order valence-electron chi connectivity index (χ2n) is 6.49. The summed E-state index contributed by atoms with van der Waals surface area (Å²) < 4.78 is 4.89. The first-order valence-corrected chi connectivity index (χ1v) is 11.0. The highest BCUT2D eigenvalue weighted by Gasteiger charge is 2.54. The van der Waals surface area contributed by atoms with Crippen molar-refractivity contribution < 1.29 is 33.9 Å². The van der Waals surface area contributed by atoms with Crippen molar-refractivity contribution in [2.75, 3.05) is 24.7 Å². The lowest BCUT2D eigenvalue weighted by molar-refractivity contribution is -0.150. The number of nitrogens with two attached hydrogens (primary N) is 1. The Bertz CT molecular complexity index is 1030. The predicted molar refractivity (Wildman–Crippen MR) is 116 cm³/mol. The van der Waals surface area contributed by atoms with Gasteiger partial charge in [-0.25, -0.2) is 9.78 Å². The molecular formula is C18H19N5O7S2. The van der Waals surface area contributed by atoms with Gasteiger partial charge in [0.2, 0.25) is 0 Å². The molecule has 2 aliphatic heterocycles. The number of ether oxygens (including phenoxy) is 1. The van der Waals surface area contributed by atoms with Gasteiger partial charge in [-0.15, -0.1) is 23.1 Å². The minimum Gasteiger partial charge on any atom is -0.477 e. The number of aliphatic carboxylic acids is 1. The summed E-state index contributed by atoms with van der Waals surface area (Å²) in [5, 5.41) is 17.0. The lowest BCUT2D eigenvalue weighted by Crippen LogP contribution is -2.71. The third-order valence-electron chi connectivity index (χ3n) is 4.31. The fraction of sp³-hybridized carbons (Fsp3) is 0.333. The van der Waals surface area contributed by atoms with Gasteiger partial charge in [0.1, 0.15) is 36.0 Å². The van der Waals surface area contributed by atoms with Crippen molar-refractivity contribution in [2.24, 2.45) is 5.16 Å². The number of fused-ring (bicyclic) bond motifs is 1. The number of hydrogen-bond acceptors (Lipinski definition) is 11. The number of hydrogen-bond donors (Lipinski definition) is 3. The molecule has 1 aromatic heterocycles. The normalized spacial score (nSPS) is 20.2. The monoisotopic (exact) mass is 481 g/mol. The number of carboxylic acid groups (broad SMARTS) is 1. The SMILES string of the molecule is C=CCO/N=C(\C(=O)NC1C(=O)N2C(C(=O)O)=C(COC(C)=O)CS[C@@H]12)c1csc(N)n1. The van der Waals surface area contributed by atoms with Crippen molar-refractivity contribution in [3.63, 3.8) is 0 Å². The van der Waals surface area contributed by atoms with E-state index < -0.39 is 35.2 Å². The van der Waals surface area contributed by atoms with E-state index in [9.17, 15) is 24.3 Å². The van der Waals surface area contributed by atoms with Crippen LogP contribution < -0.4 is 11.1 Å². The summed E-state index contributed by atoms with van der Waals surface area (Å²) in [5.41, 5.74) is 5.66. The van der Waals surface area contributed by atoms with Crippen LogP contribution in [0.5, 0.6) is 0 Å². The maximum Gasteiger partial charge on any atom is 0.352 e. The van der Waals surface area contributed by atoms with Crippen LogP contribution in [0.15, 0.2) is 34.5 Å². The van der Waals surface area contributed by atoms with Crippen LogP contribution in [0.2, 0.25) is 0 Å². The lowest BCUT2D eigenvalue weighted by atomic mass is 10.0. The van der Waals surface area contributed by atoms with E-state index in [1.54, 1.807) is 0 Å². The van der Waals surface area contributed by atoms with Gasteiger partial charge in [0.05, 0.1) is 0 Å². The molecule has 12 nitrogen and oxygen atoms in total. The van der Waals surface area contributed by atoms with Gasteiger partial charge in [-0.1, -0.05) is 17.8 Å². The summed E-state index contributed by atoms with van der Waals surface area (Å²) in [6, 6.07) is -0.988. The number of thioether (sulfide) groups is 1. The Labute approximate surface area is 190 Å². The molecule has 3 heterocycles. The number of nitrogens with zero attached hydrogens (tertiary/aromatic N) is 3. The molecule has 0 aliphatic carbocycles. The number of esters is 1. The summed E-state index contributed by atoms with van der Waals surface area (Å²) in [6.07, 6.45) is 1.44. The fourth-order valence-corrected chi connectivity index (χ4v) is 4.82. The van der Waals surface area contributed by atoms with Crippen LogP contribution in [-0.2, 0) is 28.8 Å². The number of rotatable bonds is 9. The zero-order chi connectivity index (χ0) is 23.4. The zero-order valence-electron chi connectivity index (χ0n) is 16.8. The molecule has 0 saturated carbocycles. The number of carbonyl (C=O) groups is 4. The Morgan fingerprint density at radius 2 is 2.25 bits per heavy atom. The lowest BCUT2D eigenvalue weighted by Gasteiger charge is -2.49. The van der Waals surface area contributed by atoms with Crippen molar-refractivity contribution in [1.82, 2.24) is 15.2 Å². The van der Waals surface area contributed by atoms with Crippen molar-refractivity contribution in [3.8, 4) is 0 Å². The van der Waals surface area contributed by atoms with E-state index in [2.05, 4.69) is 22.0 Å². The first-order chi connectivity index (χ1) is 15.2. The van der Waals surface area contributed by atoms with Gasteiger partial charge >= 0.3 is 11.9 Å². The zero-order valence-corrected chi connectivity index (χ0v) is 18.4. The predicted octanol–water partition coefficient (Wildman–Crippen LogP) is -0.0663. The molecule has 2 amide bonds. The van der Waals surface area contributed by atoms with E-state index in [1.807, 2.05) is 0 Å². The molecule has 0 radical (unpaired) electrons. The molecule has 0 spiro atoms. The second-order valence-corrected chi connectivity index (χ2v) is 8.49. The number of nitrogens with one attached hydrogen (secondary N) is 1. The maximum atomic E-state index is 12.8. The molecule has 1 unspecified atom stereocenters. The molecular weight excluding hydrogens is 462 g/mol. The summed E-state index contributed by atoms with van der Waals surface area (Å²) in [4.78, 5) is 58.5. The van der Waals surface area contributed by atoms with Gasteiger partial charge in [-0.3, -0.25) is 19.3 Å². The number of thiazole rings is 1. The molecule has 1 aromatic rings. The Morgan fingerprint density at radius 3 is 2.84 bits per heavy atom. The number of anilines is 1. The third-order valence-corrected chi connectivity index (χ3v) is 6.33. The van der Waals surface area contributed by atoms with Gasteiger partial charge in [-0.2, -0.15) is 0 Å². The molecule has 1 saturated heterocycles. The van der Waals surface area contributed by atoms with E-state index >= 15 is 0 Å². The van der Waals surface area contributed by atoms with Crippen molar-refractivity contribution in [3.05, 3.63) is 35.0 Å². The molecule has 0 aromatic carbocycles. The Morgan fingerprint density at radius 1 is 1.50 bits per heavy atom. The average molecular weight is 482 g/mol. The van der Waals surface area contributed by atoms with Crippen molar-refractivity contribution in [1.29, 1.82) is 0 Å². The Balaban J connectivity index is 1.78. The van der Waals surface area contributed by atoms with Crippen LogP contribution in [0.25, 0.3) is 0 Å². The summed E-state index contributed by atoms with van der Waals surface area (Å²) in [5.74, 6) is -3.03. The minimum absolute atomic E-state index is 0.0445. The number of carbonyl (C=O) groups excluding carboxylic acids is 3. The highest BCUT2D eigenvalue weighted by atomic mass is 32.2. The van der Waals surface area contributed by atoms with Crippen LogP contribution in [0.1, 0.15) is 12.6 Å². The van der Waals surface area contributed by atoms with E-state index in [0.29, 0.717) is 5.57 Å². The number of carboxylic acids is 1. The van der Waals surface area contributed by atoms with Gasteiger partial charge in [0.25, 0.3) is 11.8 Å². The van der Waals surface area contributed by atoms with E-state index in [-0.39, 0.29) is 41.2 Å². The van der Waals surface area contributed by atoms with E-state index in [4.69, 9.17) is 15.3 Å². The van der Waals surface area contributed by atoms with E-state index in [0.717, 1.165) is 16.2 Å². The number of amides is 2. The van der Waals surface area contributed by atoms with Crippen LogP contribution in [-0.4, -0.2) is 74.8 Å². The van der Waals surface area contributed by atoms with Crippen LogP contribution in [0, 0.1) is 0 Å². The number of β-lactam (4-membered cyclic amide) rings is 1. The molecule has 170 valence electrons. The summed E-state index contributed by atoms with van der Waals surface area (Å²) >= 11 is 2.34. The summed E-state index contributed by atoms with van der Waals surface area (Å²) in [7, 11) is 0. The number of nitrogen functional groups attached to an aromatic ring is 1. The molecule has 0 bridgehead atoms. The van der Waals surface area contributed by atoms with Crippen LogP contribution in [0.3, 0.4) is 0 Å². The molecule has 14 heteroatoms. The largest absolute Gasteiger partial charge is 0.477 e. The van der Waals surface area contributed by atoms with Crippen LogP contribution >= 0.6 is 23.1 Å². The molecule has 3 rings (SSSR count). The van der Waals surface area contributed by atoms with Crippen molar-refractivity contribution >= 4 is 57.7 Å². The highest BCUT2D eigenvalue weighted by Crippen LogP contribution is 2.40. The smallest absolute Gasteiger partial charge is 0.352 e. The van der Waals surface area contributed by atoms with Crippen LogP contribution in [0.4, 0.5) is 5.13 Å². The van der Waals surface area contributed by atoms with Crippen molar-refractivity contribution in [2.45, 2.75) is 18.3 Å². The Kier molecular flexibility index (Phi) is 7.15. The molecule has 4 N–H and O–H groups in total. The van der Waals surface area contributed by atoms with Gasteiger partial charge in [0.15, 0.2) is 10.8 Å². The number of aromatic nitrogens is 1. The second kappa shape index (κ2) is 9.82. The van der Waals surface area contributed by atoms with Gasteiger partial charge in [0, 0.05) is 23.6 Å². The average Bonchev–Trinajstić information content (AvgIpc) is 3.18. The highest BCUT2D eigenvalue weighted by molar-refractivity contribution is 8.00. The first kappa shape index (κ1) is 23.3. The fourth-order valence-electron chi connectivity index (χ4n) is 2.95. The maximum absolute atomic E-state index is 12.8. The minimum atomic E-state index is -1.33. The molecule has 2 atom stereocenters. The van der Waals surface area contributed by atoms with E-state index in [1.165, 1.54) is 30.1 Å². The standard InChI is InChI=1S/C18H19N5O7S2/c1-3-4-30-22-11(10-7-32-18(19)20-10)14(25)21-12-15(26)23-13(17(27)28)9(5-29-8(2)24)6-31-16(12)23/h3,7,12,16H,1,4-6H2,2H3,(H2,19,20)(H,21,25)(H,27,28)/b22-11-/t12?,16-/m0/s1. The first-order valence-electron chi connectivity index (χ1n) is 9.11. The molecule has 2 aliphatic rings. The molecule has 32 heavy (non-hydrogen) atoms. The third kappa shape index (κ3) is 4.75. The quantitative estimate of drug-likeness (QED) is 0.108.